The van der Waals surface area contributed by atoms with Crippen LogP contribution in [0.4, 0.5) is 0 Å². The van der Waals surface area contributed by atoms with E-state index in [-0.39, 0.29) is 63.7 Å². The lowest BCUT2D eigenvalue weighted by Crippen LogP contribution is -2.35. The SMILES string of the molecule is C.C.C.C.C.C.CC(C)C(=O)OC[C@@H](COP(=O)(O)O)OC(=O)C(C)C.CC(C)C(=O)OC[C@@H](COP(=O)(O)OCC(N)C(=O)O)OC(=O)C(C)C. The molecule has 0 aliphatic carbocycles. The van der Waals surface area contributed by atoms with E-state index in [1.807, 2.05) is 0 Å². The fraction of sp³-hybridized carbons (Fsp3) is 0.839. The van der Waals surface area contributed by atoms with Gasteiger partial charge in [-0.05, 0) is 0 Å². The normalized spacial score (nSPS) is 13.2. The zero-order valence-electron chi connectivity index (χ0n) is 27.1. The first-order valence-electron chi connectivity index (χ1n) is 13.9. The molecule has 0 spiro atoms. The third-order valence-electron chi connectivity index (χ3n) is 4.86. The van der Waals surface area contributed by atoms with Gasteiger partial charge in [0.25, 0.3) is 0 Å². The largest absolute Gasteiger partial charge is 0.480 e. The second-order valence-corrected chi connectivity index (χ2v) is 13.5. The minimum atomic E-state index is -4.68. The Labute approximate surface area is 311 Å². The molecule has 4 atom stereocenters. The number of phosphoric ester groups is 2. The number of aliphatic carboxylic acids is 1. The van der Waals surface area contributed by atoms with Crippen molar-refractivity contribution in [1.82, 2.24) is 0 Å². The van der Waals surface area contributed by atoms with Crippen LogP contribution in [0.15, 0.2) is 0 Å². The molecule has 0 saturated heterocycles. The molecule has 0 aliphatic heterocycles. The van der Waals surface area contributed by atoms with Crippen LogP contribution in [-0.2, 0) is 65.6 Å². The molecule has 21 heteroatoms. The molecular weight excluding hydrogens is 736 g/mol. The molecule has 0 aromatic heterocycles. The minimum Gasteiger partial charge on any atom is -0.480 e. The van der Waals surface area contributed by atoms with Gasteiger partial charge in [0.15, 0.2) is 12.2 Å². The average Bonchev–Trinajstić information content (AvgIpc) is 2.93. The van der Waals surface area contributed by atoms with Crippen LogP contribution in [0.3, 0.4) is 0 Å². The van der Waals surface area contributed by atoms with Crippen LogP contribution < -0.4 is 5.73 Å². The van der Waals surface area contributed by atoms with Crippen molar-refractivity contribution in [2.45, 2.75) is 118 Å². The van der Waals surface area contributed by atoms with Gasteiger partial charge in [0, 0.05) is 0 Å². The van der Waals surface area contributed by atoms with Gasteiger partial charge >= 0.3 is 45.5 Å². The van der Waals surface area contributed by atoms with E-state index in [2.05, 4.69) is 13.6 Å². The maximum absolute atomic E-state index is 11.7. The van der Waals surface area contributed by atoms with Crippen molar-refractivity contribution in [3.05, 3.63) is 0 Å². The highest BCUT2D eigenvalue weighted by Crippen LogP contribution is 2.43. The summed E-state index contributed by atoms with van der Waals surface area (Å²) in [5.74, 6) is -5.36. The molecule has 0 aromatic rings. The molecule has 19 nitrogen and oxygen atoms in total. The Hall–Kier alpha value is -2.47. The van der Waals surface area contributed by atoms with Gasteiger partial charge in [0.1, 0.15) is 19.3 Å². The Kier molecular flexibility index (Phi) is 43.1. The number of ether oxygens (including phenoxy) is 4. The van der Waals surface area contributed by atoms with E-state index in [4.69, 9.17) is 39.6 Å². The summed E-state index contributed by atoms with van der Waals surface area (Å²) in [7, 11) is -9.33. The maximum Gasteiger partial charge on any atom is 0.472 e. The second-order valence-electron chi connectivity index (χ2n) is 10.8. The van der Waals surface area contributed by atoms with Crippen LogP contribution in [0.5, 0.6) is 0 Å². The quantitative estimate of drug-likeness (QED) is 0.0615. The molecule has 6 N–H and O–H groups in total. The molecule has 0 aromatic carbocycles. The van der Waals surface area contributed by atoms with E-state index in [0.29, 0.717) is 0 Å². The van der Waals surface area contributed by atoms with E-state index in [9.17, 15) is 38.0 Å². The first kappa shape index (κ1) is 67.6. The molecule has 52 heavy (non-hydrogen) atoms. The van der Waals surface area contributed by atoms with Crippen molar-refractivity contribution in [2.75, 3.05) is 33.0 Å². The summed E-state index contributed by atoms with van der Waals surface area (Å²) in [6.45, 7) is 10.2. The maximum atomic E-state index is 11.7. The first-order chi connectivity index (χ1) is 20.9. The summed E-state index contributed by atoms with van der Waals surface area (Å²) >= 11 is 0. The average molecular weight is 808 g/mol. The summed E-state index contributed by atoms with van der Waals surface area (Å²) in [5, 5.41) is 8.59. The number of carboxylic acid groups (broad SMARTS) is 1. The molecule has 0 saturated carbocycles. The molecule has 0 fully saturated rings. The molecule has 0 rings (SSSR count). The molecule has 0 bridgehead atoms. The lowest BCUT2D eigenvalue weighted by atomic mass is 10.2. The molecule has 0 radical (unpaired) electrons. The number of nitrogens with two attached hydrogens (primary N) is 1. The van der Waals surface area contributed by atoms with E-state index in [0.717, 1.165) is 0 Å². The smallest absolute Gasteiger partial charge is 0.472 e. The Morgan fingerprint density at radius 1 is 0.519 bits per heavy atom. The summed E-state index contributed by atoms with van der Waals surface area (Å²) in [6, 6.07) is -1.51. The molecule has 0 heterocycles. The fourth-order valence-electron chi connectivity index (χ4n) is 2.16. The van der Waals surface area contributed by atoms with E-state index >= 15 is 0 Å². The summed E-state index contributed by atoms with van der Waals surface area (Å²) < 4.78 is 55.5. The number of carbonyl (C=O) groups excluding carboxylic acids is 4. The number of esters is 4. The third-order valence-corrected chi connectivity index (χ3v) is 6.30. The number of carboxylic acids is 1. The molecular formula is C31H71NO18P2. The van der Waals surface area contributed by atoms with Gasteiger partial charge in [-0.25, -0.2) is 9.13 Å². The predicted molar refractivity (Wildman–Crippen MR) is 197 cm³/mol. The van der Waals surface area contributed by atoms with E-state index < -0.39 is 101 Å². The van der Waals surface area contributed by atoms with Crippen molar-refractivity contribution in [2.24, 2.45) is 29.4 Å². The number of hydrogen-bond donors (Lipinski definition) is 5. The topological polar surface area (TPSA) is 291 Å². The van der Waals surface area contributed by atoms with Crippen LogP contribution in [-0.4, -0.2) is 101 Å². The van der Waals surface area contributed by atoms with Crippen LogP contribution >= 0.6 is 15.6 Å². The van der Waals surface area contributed by atoms with Crippen molar-refractivity contribution in [3.63, 3.8) is 0 Å². The van der Waals surface area contributed by atoms with Crippen molar-refractivity contribution >= 4 is 45.5 Å². The van der Waals surface area contributed by atoms with Crippen molar-refractivity contribution < 1.29 is 85.4 Å². The second kappa shape index (κ2) is 33.1. The molecule has 0 amide bonds. The highest BCUT2D eigenvalue weighted by atomic mass is 31.2. The van der Waals surface area contributed by atoms with Crippen LogP contribution in [0.2, 0.25) is 0 Å². The summed E-state index contributed by atoms with van der Waals surface area (Å²) in [5.41, 5.74) is 5.15. The van der Waals surface area contributed by atoms with Gasteiger partial charge in [-0.1, -0.05) is 99.9 Å². The number of phosphoric acid groups is 2. The molecule has 0 aliphatic rings. The van der Waals surface area contributed by atoms with E-state index in [1.54, 1.807) is 55.4 Å². The number of rotatable bonds is 20. The standard InChI is InChI=1S/C14H26NO10P.C11H21O8P.6CH4/c1-8(2)13(18)22-5-10(25-14(19)9(3)4)6-23-26(20,21)24-7-11(15)12(16)17;1-7(2)10(12)17-5-9(6-18-20(14,15)16)19-11(13)8(3)4;;;;;;/h8-11H,5-7,15H2,1-4H3,(H,16,17)(H,20,21);7-9H,5-6H2,1-4H3,(H2,14,15,16);6*1H4/t10-,11?;9-;;;;;;/m00....../s1. The summed E-state index contributed by atoms with van der Waals surface area (Å²) in [4.78, 5) is 83.2. The Morgan fingerprint density at radius 3 is 1.08 bits per heavy atom. The Bertz CT molecular complexity index is 1080. The predicted octanol–water partition coefficient (Wildman–Crippen LogP) is 4.98. The van der Waals surface area contributed by atoms with Crippen LogP contribution in [0.1, 0.15) is 99.9 Å². The van der Waals surface area contributed by atoms with Gasteiger partial charge in [-0.3, -0.25) is 37.5 Å². The Balaban J connectivity index is -0.000000114. The minimum absolute atomic E-state index is 0. The van der Waals surface area contributed by atoms with Gasteiger partial charge < -0.3 is 44.5 Å². The Morgan fingerprint density at radius 2 is 0.808 bits per heavy atom. The van der Waals surface area contributed by atoms with Gasteiger partial charge in [0.05, 0.1) is 43.5 Å². The number of hydrogen-bond acceptors (Lipinski definition) is 15. The molecule has 318 valence electrons. The lowest BCUT2D eigenvalue weighted by Gasteiger charge is -2.21. The van der Waals surface area contributed by atoms with Crippen molar-refractivity contribution in [1.29, 1.82) is 0 Å². The zero-order valence-corrected chi connectivity index (χ0v) is 28.8. The lowest BCUT2D eigenvalue weighted by molar-refractivity contribution is -0.165. The van der Waals surface area contributed by atoms with Gasteiger partial charge in [-0.15, -0.1) is 0 Å². The first-order valence-corrected chi connectivity index (χ1v) is 17.0. The highest BCUT2D eigenvalue weighted by Gasteiger charge is 2.29. The van der Waals surface area contributed by atoms with Crippen molar-refractivity contribution in [3.8, 4) is 0 Å². The number of carbonyl (C=O) groups is 5. The molecule has 2 unspecified atom stereocenters. The van der Waals surface area contributed by atoms with Crippen LogP contribution in [0, 0.1) is 23.7 Å². The van der Waals surface area contributed by atoms with Gasteiger partial charge in [-0.2, -0.15) is 0 Å². The van der Waals surface area contributed by atoms with Crippen LogP contribution in [0.25, 0.3) is 0 Å². The zero-order chi connectivity index (χ0) is 36.4. The fourth-order valence-corrected chi connectivity index (χ4v) is 3.30. The monoisotopic (exact) mass is 807 g/mol. The van der Waals surface area contributed by atoms with Gasteiger partial charge in [0.2, 0.25) is 0 Å². The third kappa shape index (κ3) is 35.9. The van der Waals surface area contributed by atoms with E-state index in [1.165, 1.54) is 0 Å². The summed E-state index contributed by atoms with van der Waals surface area (Å²) in [6.07, 6.45) is -2.22. The highest BCUT2D eigenvalue weighted by molar-refractivity contribution is 7.47.